The van der Waals surface area contributed by atoms with E-state index in [4.69, 9.17) is 0 Å². The van der Waals surface area contributed by atoms with E-state index in [0.29, 0.717) is 19.4 Å². The van der Waals surface area contributed by atoms with E-state index in [0.717, 1.165) is 24.8 Å². The molecule has 1 saturated heterocycles. The molecule has 1 unspecified atom stereocenters. The van der Waals surface area contributed by atoms with Crippen molar-refractivity contribution in [2.75, 3.05) is 18.1 Å². The number of nitrogens with zero attached hydrogens (tertiary/aromatic N) is 1. The highest BCUT2D eigenvalue weighted by Gasteiger charge is 2.34. The molecule has 0 spiro atoms. The number of rotatable bonds is 9. The van der Waals surface area contributed by atoms with Gasteiger partial charge in [0.1, 0.15) is 0 Å². The maximum Gasteiger partial charge on any atom is 0.227 e. The fourth-order valence-corrected chi connectivity index (χ4v) is 5.07. The van der Waals surface area contributed by atoms with Crippen LogP contribution >= 0.6 is 0 Å². The minimum absolute atomic E-state index is 0.0526. The summed E-state index contributed by atoms with van der Waals surface area (Å²) < 4.78 is 23.6. The van der Waals surface area contributed by atoms with Gasteiger partial charge >= 0.3 is 0 Å². The Kier molecular flexibility index (Phi) is 7.48. The molecule has 1 atom stereocenters. The number of carbonyl (C=O) groups is 1. The monoisotopic (exact) mass is 365 g/mol. The third-order valence-electron chi connectivity index (χ3n) is 4.92. The van der Waals surface area contributed by atoms with Crippen LogP contribution in [0.4, 0.5) is 0 Å². The molecule has 0 aliphatic carbocycles. The van der Waals surface area contributed by atoms with Crippen LogP contribution in [0.2, 0.25) is 0 Å². The van der Waals surface area contributed by atoms with E-state index in [1.54, 1.807) is 0 Å². The van der Waals surface area contributed by atoms with E-state index in [1.165, 1.54) is 18.4 Å². The van der Waals surface area contributed by atoms with Crippen molar-refractivity contribution < 1.29 is 13.2 Å². The minimum atomic E-state index is -2.98. The van der Waals surface area contributed by atoms with E-state index in [1.807, 2.05) is 17.0 Å². The maximum absolute atomic E-state index is 12.8. The van der Waals surface area contributed by atoms with Crippen LogP contribution in [-0.4, -0.2) is 43.3 Å². The van der Waals surface area contributed by atoms with Gasteiger partial charge in [0.2, 0.25) is 5.91 Å². The lowest BCUT2D eigenvalue weighted by atomic mass is 10.0. The van der Waals surface area contributed by atoms with Crippen LogP contribution in [0.25, 0.3) is 0 Å². The number of hydrogen-bond donors (Lipinski definition) is 0. The van der Waals surface area contributed by atoms with Crippen molar-refractivity contribution in [1.29, 1.82) is 0 Å². The lowest BCUT2D eigenvalue weighted by Crippen LogP contribution is -2.42. The van der Waals surface area contributed by atoms with Gasteiger partial charge in [-0.2, -0.15) is 0 Å². The predicted octanol–water partition coefficient (Wildman–Crippen LogP) is 3.39. The Hall–Kier alpha value is -1.36. The maximum atomic E-state index is 12.8. The van der Waals surface area contributed by atoms with E-state index >= 15 is 0 Å². The molecule has 0 radical (unpaired) electrons. The standard InChI is InChI=1S/C20H31NO3S/c1-3-5-7-17-8-10-18(11-9-17)15-20(22)21(13-6-4-2)19-12-14-25(23,24)16-19/h8-11,19H,3-7,12-16H2,1-2H3. The predicted molar refractivity (Wildman–Crippen MR) is 102 cm³/mol. The second-order valence-corrected chi connectivity index (χ2v) is 9.32. The Morgan fingerprint density at radius 1 is 1.08 bits per heavy atom. The first kappa shape index (κ1) is 20.0. The summed E-state index contributed by atoms with van der Waals surface area (Å²) in [5.41, 5.74) is 2.32. The molecular weight excluding hydrogens is 334 g/mol. The number of sulfone groups is 1. The third-order valence-corrected chi connectivity index (χ3v) is 6.67. The normalized spacial score (nSPS) is 19.0. The second-order valence-electron chi connectivity index (χ2n) is 7.09. The number of benzene rings is 1. The highest BCUT2D eigenvalue weighted by atomic mass is 32.2. The molecule has 1 aliphatic rings. The number of amides is 1. The molecule has 1 fully saturated rings. The van der Waals surface area contributed by atoms with Crippen LogP contribution in [0.1, 0.15) is 57.1 Å². The molecule has 1 aliphatic heterocycles. The van der Waals surface area contributed by atoms with E-state index in [-0.39, 0.29) is 23.5 Å². The fraction of sp³-hybridized carbons (Fsp3) is 0.650. The Morgan fingerprint density at radius 2 is 1.72 bits per heavy atom. The molecule has 0 saturated carbocycles. The van der Waals surface area contributed by atoms with Crippen LogP contribution in [0.15, 0.2) is 24.3 Å². The Labute approximate surface area is 152 Å². The number of unbranched alkanes of at least 4 members (excludes halogenated alkanes) is 2. The summed E-state index contributed by atoms with van der Waals surface area (Å²) in [5.74, 6) is 0.384. The first-order valence-electron chi connectivity index (χ1n) is 9.53. The van der Waals surface area contributed by atoms with Crippen LogP contribution < -0.4 is 0 Å². The summed E-state index contributed by atoms with van der Waals surface area (Å²) in [4.78, 5) is 14.6. The summed E-state index contributed by atoms with van der Waals surface area (Å²) in [7, 11) is -2.98. The van der Waals surface area contributed by atoms with Gasteiger partial charge in [0.15, 0.2) is 9.84 Å². The second kappa shape index (κ2) is 9.37. The van der Waals surface area contributed by atoms with Crippen molar-refractivity contribution >= 4 is 15.7 Å². The highest BCUT2D eigenvalue weighted by Crippen LogP contribution is 2.20. The van der Waals surface area contributed by atoms with E-state index in [9.17, 15) is 13.2 Å². The molecule has 5 heteroatoms. The summed E-state index contributed by atoms with van der Waals surface area (Å²) >= 11 is 0. The molecular formula is C20H31NO3S. The number of carbonyl (C=O) groups excluding carboxylic acids is 1. The van der Waals surface area contributed by atoms with Crippen molar-refractivity contribution in [3.63, 3.8) is 0 Å². The molecule has 4 nitrogen and oxygen atoms in total. The highest BCUT2D eigenvalue weighted by molar-refractivity contribution is 7.91. The lowest BCUT2D eigenvalue weighted by molar-refractivity contribution is -0.132. The number of aryl methyl sites for hydroxylation is 1. The van der Waals surface area contributed by atoms with Crippen LogP contribution in [0, 0.1) is 0 Å². The Bertz CT molecular complexity index is 652. The van der Waals surface area contributed by atoms with Crippen molar-refractivity contribution in [3.05, 3.63) is 35.4 Å². The van der Waals surface area contributed by atoms with Crippen LogP contribution in [-0.2, 0) is 27.5 Å². The van der Waals surface area contributed by atoms with Gasteiger partial charge in [-0.3, -0.25) is 4.79 Å². The van der Waals surface area contributed by atoms with Gasteiger partial charge in [0.25, 0.3) is 0 Å². The molecule has 0 N–H and O–H groups in total. The van der Waals surface area contributed by atoms with Gasteiger partial charge < -0.3 is 4.90 Å². The lowest BCUT2D eigenvalue weighted by Gasteiger charge is -2.28. The Balaban J connectivity index is 2.01. The summed E-state index contributed by atoms with van der Waals surface area (Å²) in [6.07, 6.45) is 6.28. The zero-order valence-electron chi connectivity index (χ0n) is 15.5. The molecule has 1 heterocycles. The first-order chi connectivity index (χ1) is 11.9. The average molecular weight is 366 g/mol. The van der Waals surface area contributed by atoms with Crippen LogP contribution in [0.3, 0.4) is 0 Å². The van der Waals surface area contributed by atoms with Gasteiger partial charge in [-0.25, -0.2) is 8.42 Å². The van der Waals surface area contributed by atoms with Gasteiger partial charge in [-0.1, -0.05) is 51.0 Å². The molecule has 0 aromatic heterocycles. The Morgan fingerprint density at radius 3 is 2.28 bits per heavy atom. The summed E-state index contributed by atoms with van der Waals surface area (Å²) in [5, 5.41) is 0. The quantitative estimate of drug-likeness (QED) is 0.674. The van der Waals surface area contributed by atoms with E-state index in [2.05, 4.69) is 26.0 Å². The average Bonchev–Trinajstić information content (AvgIpc) is 2.94. The van der Waals surface area contributed by atoms with Crippen molar-refractivity contribution in [3.8, 4) is 0 Å². The van der Waals surface area contributed by atoms with Crippen molar-refractivity contribution in [2.45, 2.75) is 64.8 Å². The topological polar surface area (TPSA) is 54.5 Å². The molecule has 1 amide bonds. The van der Waals surface area contributed by atoms with Gasteiger partial charge in [0, 0.05) is 12.6 Å². The van der Waals surface area contributed by atoms with Gasteiger partial charge in [-0.05, 0) is 36.8 Å². The zero-order chi connectivity index (χ0) is 18.3. The third kappa shape index (κ3) is 6.14. The summed E-state index contributed by atoms with van der Waals surface area (Å²) in [6, 6.07) is 8.13. The molecule has 140 valence electrons. The van der Waals surface area contributed by atoms with Gasteiger partial charge in [0.05, 0.1) is 17.9 Å². The fourth-order valence-electron chi connectivity index (χ4n) is 3.34. The van der Waals surface area contributed by atoms with Crippen molar-refractivity contribution in [1.82, 2.24) is 4.90 Å². The minimum Gasteiger partial charge on any atom is -0.338 e. The SMILES string of the molecule is CCCCc1ccc(CC(=O)N(CCCC)C2CCS(=O)(=O)C2)cc1. The largest absolute Gasteiger partial charge is 0.338 e. The molecule has 1 aromatic carbocycles. The molecule has 1 aromatic rings. The smallest absolute Gasteiger partial charge is 0.227 e. The molecule has 2 rings (SSSR count). The number of hydrogen-bond acceptors (Lipinski definition) is 3. The van der Waals surface area contributed by atoms with Crippen LogP contribution in [0.5, 0.6) is 0 Å². The molecule has 0 bridgehead atoms. The molecule has 25 heavy (non-hydrogen) atoms. The first-order valence-corrected chi connectivity index (χ1v) is 11.3. The summed E-state index contributed by atoms with van der Waals surface area (Å²) in [6.45, 7) is 4.92. The zero-order valence-corrected chi connectivity index (χ0v) is 16.4. The van der Waals surface area contributed by atoms with Gasteiger partial charge in [-0.15, -0.1) is 0 Å². The van der Waals surface area contributed by atoms with E-state index < -0.39 is 9.84 Å². The van der Waals surface area contributed by atoms with Crippen molar-refractivity contribution in [2.24, 2.45) is 0 Å².